The Morgan fingerprint density at radius 1 is 1.09 bits per heavy atom. The first-order valence-electron chi connectivity index (χ1n) is 10.1. The van der Waals surface area contributed by atoms with Gasteiger partial charge >= 0.3 is 15.2 Å². The summed E-state index contributed by atoms with van der Waals surface area (Å²) in [5, 5.41) is 24.0. The molecular weight excluding hydrogens is 572 g/mol. The van der Waals surface area contributed by atoms with Gasteiger partial charge in [0, 0.05) is 11.0 Å². The van der Waals surface area contributed by atoms with Crippen LogP contribution < -0.4 is 5.32 Å². The molecule has 5 atom stereocenters. The number of hydrogen-bond acceptors (Lipinski definition) is 10. The van der Waals surface area contributed by atoms with E-state index in [1.54, 1.807) is 0 Å². The number of ether oxygens (including phenoxy) is 1. The van der Waals surface area contributed by atoms with Crippen LogP contribution in [0.15, 0.2) is 41.4 Å². The van der Waals surface area contributed by atoms with E-state index in [1.165, 1.54) is 17.2 Å². The van der Waals surface area contributed by atoms with Gasteiger partial charge in [-0.3, -0.25) is 13.7 Å². The molecule has 2 aromatic heterocycles. The van der Waals surface area contributed by atoms with Crippen molar-refractivity contribution >= 4 is 48.1 Å². The molecule has 1 aromatic carbocycles. The van der Waals surface area contributed by atoms with E-state index in [4.69, 9.17) is 19.0 Å². The number of nitrogens with one attached hydrogen (secondary N) is 1. The number of aromatic nitrogens is 4. The summed E-state index contributed by atoms with van der Waals surface area (Å²) in [5.74, 6) is -0.947. The lowest BCUT2D eigenvalue weighted by atomic mass is 10.1. The Bertz CT molecular complexity index is 1290. The minimum atomic E-state index is -4.81. The smallest absolute Gasteiger partial charge is 0.340 e. The summed E-state index contributed by atoms with van der Waals surface area (Å²) in [7, 11) is -9.47. The van der Waals surface area contributed by atoms with E-state index >= 15 is 0 Å². The lowest BCUT2D eigenvalue weighted by molar-refractivity contribution is -0.0483. The average molecular weight is 594 g/mol. The first-order chi connectivity index (χ1) is 16.4. The zero-order valence-electron chi connectivity index (χ0n) is 17.8. The summed E-state index contributed by atoms with van der Waals surface area (Å²) in [4.78, 5) is 40.1. The fourth-order valence-electron chi connectivity index (χ4n) is 3.52. The number of fused-ring (bicyclic) bond motifs is 1. The van der Waals surface area contributed by atoms with E-state index in [-0.39, 0.29) is 0 Å². The minimum absolute atomic E-state index is 0.297. The maximum Gasteiger partial charge on any atom is 0.340 e. The Balaban J connectivity index is 1.48. The Morgan fingerprint density at radius 3 is 2.49 bits per heavy atom. The third kappa shape index (κ3) is 6.33. The molecule has 3 aromatic rings. The van der Waals surface area contributed by atoms with Gasteiger partial charge in [0.05, 0.1) is 12.9 Å². The average Bonchev–Trinajstić information content (AvgIpc) is 3.32. The van der Waals surface area contributed by atoms with E-state index in [0.717, 1.165) is 10.0 Å². The molecule has 190 valence electrons. The number of aliphatic hydroxyl groups is 2. The number of nitrogens with zero attached hydrogens (tertiary/aromatic N) is 4. The third-order valence-corrected chi connectivity index (χ3v) is 9.13. The van der Waals surface area contributed by atoms with Crippen LogP contribution in [0.3, 0.4) is 0 Å². The second kappa shape index (κ2) is 10.3. The number of aliphatic hydroxyl groups excluding tert-OH is 2. The van der Waals surface area contributed by atoms with Crippen molar-refractivity contribution < 1.29 is 43.3 Å². The van der Waals surface area contributed by atoms with Gasteiger partial charge in [0.1, 0.15) is 24.6 Å². The number of halogens is 1. The predicted molar refractivity (Wildman–Crippen MR) is 125 cm³/mol. The second-order valence-corrected chi connectivity index (χ2v) is 12.7. The zero-order chi connectivity index (χ0) is 25.4. The molecule has 0 amide bonds. The molecular formula is C18H22BrN5O9P2. The highest BCUT2D eigenvalue weighted by Crippen LogP contribution is 2.55. The fourth-order valence-corrected chi connectivity index (χ4v) is 6.35. The molecule has 0 spiro atoms. The quantitative estimate of drug-likeness (QED) is 0.192. The maximum absolute atomic E-state index is 11.9. The van der Waals surface area contributed by atoms with Crippen molar-refractivity contribution in [3.05, 3.63) is 47.0 Å². The van der Waals surface area contributed by atoms with Gasteiger partial charge in [-0.1, -0.05) is 28.1 Å². The molecule has 0 aliphatic carbocycles. The minimum Gasteiger partial charge on any atom is -0.387 e. The lowest BCUT2D eigenvalue weighted by Gasteiger charge is -2.18. The zero-order valence-corrected chi connectivity index (χ0v) is 21.2. The molecule has 3 heterocycles. The summed E-state index contributed by atoms with van der Waals surface area (Å²) < 4.78 is 35.6. The normalized spacial score (nSPS) is 24.5. The fraction of sp³-hybridized carbons (Fsp3) is 0.389. The molecule has 0 radical (unpaired) electrons. The molecule has 6 N–H and O–H groups in total. The highest BCUT2D eigenvalue weighted by Gasteiger charge is 2.45. The number of hydrogen-bond donors (Lipinski definition) is 6. The van der Waals surface area contributed by atoms with E-state index in [1.807, 2.05) is 24.3 Å². The summed E-state index contributed by atoms with van der Waals surface area (Å²) in [5.41, 5.74) is 1.68. The van der Waals surface area contributed by atoms with Crippen LogP contribution in [0, 0.1) is 0 Å². The Hall–Kier alpha value is -1.77. The van der Waals surface area contributed by atoms with Crippen molar-refractivity contribution in [2.45, 2.75) is 31.1 Å². The van der Waals surface area contributed by atoms with Gasteiger partial charge in [-0.2, -0.15) is 0 Å². The van der Waals surface area contributed by atoms with Crippen molar-refractivity contribution in [3.8, 4) is 0 Å². The maximum atomic E-state index is 11.9. The predicted octanol–water partition coefficient (Wildman–Crippen LogP) is 1.16. The highest BCUT2D eigenvalue weighted by molar-refractivity contribution is 9.10. The molecule has 14 nitrogen and oxygen atoms in total. The van der Waals surface area contributed by atoms with E-state index in [2.05, 4.69) is 36.2 Å². The molecule has 35 heavy (non-hydrogen) atoms. The van der Waals surface area contributed by atoms with Crippen LogP contribution in [0.1, 0.15) is 11.8 Å². The second-order valence-electron chi connectivity index (χ2n) is 7.81. The molecule has 1 unspecified atom stereocenters. The van der Waals surface area contributed by atoms with Crippen LogP contribution in [0.4, 0.5) is 5.82 Å². The molecule has 0 saturated carbocycles. The SMILES string of the molecule is O=P(O)(O)CP(=O)(O)OC[C@H]1O[C@@H](n2cnc3c(NCc4ccc(Br)cc4)ncnc32)[C@H](O)[C@@H]1O. The van der Waals surface area contributed by atoms with Crippen molar-refractivity contribution in [2.24, 2.45) is 0 Å². The molecule has 1 saturated heterocycles. The number of anilines is 1. The molecule has 0 bridgehead atoms. The van der Waals surface area contributed by atoms with Crippen LogP contribution in [-0.2, 0) is 24.9 Å². The van der Waals surface area contributed by atoms with Crippen LogP contribution in [-0.4, -0.2) is 75.2 Å². The number of imidazole rings is 1. The van der Waals surface area contributed by atoms with Crippen molar-refractivity contribution in [1.29, 1.82) is 0 Å². The van der Waals surface area contributed by atoms with Gasteiger partial charge in [-0.05, 0) is 17.7 Å². The van der Waals surface area contributed by atoms with Crippen LogP contribution in [0.25, 0.3) is 11.2 Å². The summed E-state index contributed by atoms with van der Waals surface area (Å²) >= 11 is 3.38. The Kier molecular flexibility index (Phi) is 7.74. The standard InChI is InChI=1S/C18H22BrN5O9P2/c19-11-3-1-10(2-4-11)5-20-16-13-17(22-7-21-16)24(8-23-13)18-15(26)14(25)12(33-18)6-32-35(30,31)9-34(27,28)29/h1-4,7-8,12,14-15,18,25-26H,5-6,9H2,(H,30,31)(H,20,21,22)(H2,27,28,29)/t12-,14-,15-,18-/m1/s1. The highest BCUT2D eigenvalue weighted by atomic mass is 79.9. The first kappa shape index (κ1) is 26.3. The van der Waals surface area contributed by atoms with E-state index in [9.17, 15) is 24.2 Å². The molecule has 1 fully saturated rings. The summed E-state index contributed by atoms with van der Waals surface area (Å²) in [6.07, 6.45) is -2.79. The topological polar surface area (TPSA) is 209 Å². The number of rotatable bonds is 9. The van der Waals surface area contributed by atoms with E-state index < -0.39 is 52.2 Å². The Morgan fingerprint density at radius 2 is 1.80 bits per heavy atom. The molecule has 4 rings (SSSR count). The van der Waals surface area contributed by atoms with Crippen molar-refractivity contribution in [1.82, 2.24) is 19.5 Å². The lowest BCUT2D eigenvalue weighted by Crippen LogP contribution is -2.33. The van der Waals surface area contributed by atoms with Crippen LogP contribution in [0.5, 0.6) is 0 Å². The number of benzene rings is 1. The monoisotopic (exact) mass is 593 g/mol. The first-order valence-corrected chi connectivity index (χ1v) is 14.5. The molecule has 1 aliphatic rings. The Labute approximate surface area is 206 Å². The molecule has 1 aliphatic heterocycles. The van der Waals surface area contributed by atoms with Gasteiger partial charge in [0.2, 0.25) is 0 Å². The largest absolute Gasteiger partial charge is 0.387 e. The van der Waals surface area contributed by atoms with Gasteiger partial charge < -0.3 is 39.5 Å². The van der Waals surface area contributed by atoms with Gasteiger partial charge in [-0.25, -0.2) is 15.0 Å². The van der Waals surface area contributed by atoms with Gasteiger partial charge in [0.25, 0.3) is 0 Å². The van der Waals surface area contributed by atoms with Crippen molar-refractivity contribution in [2.75, 3.05) is 17.8 Å². The molecule has 17 heteroatoms. The third-order valence-electron chi connectivity index (χ3n) is 5.15. The van der Waals surface area contributed by atoms with Gasteiger partial charge in [-0.15, -0.1) is 0 Å². The summed E-state index contributed by atoms with van der Waals surface area (Å²) in [6, 6.07) is 7.69. The van der Waals surface area contributed by atoms with Crippen molar-refractivity contribution in [3.63, 3.8) is 0 Å². The summed E-state index contributed by atoms with van der Waals surface area (Å²) in [6.45, 7) is -0.229. The van der Waals surface area contributed by atoms with Gasteiger partial charge in [0.15, 0.2) is 29.1 Å². The van der Waals surface area contributed by atoms with Crippen LogP contribution >= 0.6 is 31.1 Å². The van der Waals surface area contributed by atoms with Crippen LogP contribution in [0.2, 0.25) is 0 Å². The van der Waals surface area contributed by atoms with E-state index in [0.29, 0.717) is 23.5 Å².